The van der Waals surface area contributed by atoms with Crippen LogP contribution in [0.5, 0.6) is 0 Å². The summed E-state index contributed by atoms with van der Waals surface area (Å²) in [4.78, 5) is 13.6. The van der Waals surface area contributed by atoms with Gasteiger partial charge in [-0.3, -0.25) is 0 Å². The lowest BCUT2D eigenvalue weighted by Gasteiger charge is -2.34. The highest BCUT2D eigenvalue weighted by molar-refractivity contribution is 5.68. The van der Waals surface area contributed by atoms with Gasteiger partial charge < -0.3 is 19.1 Å². The second kappa shape index (κ2) is 7.33. The number of hydrogen-bond acceptors (Lipinski definition) is 4. The summed E-state index contributed by atoms with van der Waals surface area (Å²) in [5, 5.41) is 0. The first-order valence-corrected chi connectivity index (χ1v) is 6.87. The summed E-state index contributed by atoms with van der Waals surface area (Å²) in [6.45, 7) is 13.0. The average Bonchev–Trinajstić information content (AvgIpc) is 2.38. The largest absolute Gasteiger partial charge is 0.491 e. The molecule has 1 rings (SSSR count). The molecule has 1 atom stereocenters. The standard InChI is InChI=1S/C15H25NO4/c1-6-12(7-2)19-11-13-10-16(8-9-18-13)14(17)20-15(3,4)5/h6-7,13H,1,8-11H2,2-5H3/b12-7+/t13-/m1/s1. The van der Waals surface area contributed by atoms with Gasteiger partial charge in [0.1, 0.15) is 24.1 Å². The molecule has 1 heterocycles. The van der Waals surface area contributed by atoms with Crippen LogP contribution in [0.25, 0.3) is 0 Å². The number of carbonyl (C=O) groups excluding carboxylic acids is 1. The van der Waals surface area contributed by atoms with Crippen molar-refractivity contribution in [1.29, 1.82) is 0 Å². The lowest BCUT2D eigenvalue weighted by Crippen LogP contribution is -2.48. The van der Waals surface area contributed by atoms with Crippen LogP contribution in [0.15, 0.2) is 24.5 Å². The van der Waals surface area contributed by atoms with Gasteiger partial charge >= 0.3 is 6.09 Å². The minimum absolute atomic E-state index is 0.147. The Kier molecular flexibility index (Phi) is 6.07. The zero-order valence-electron chi connectivity index (χ0n) is 12.8. The molecular weight excluding hydrogens is 258 g/mol. The Morgan fingerprint density at radius 1 is 1.50 bits per heavy atom. The molecular formula is C15H25NO4. The van der Waals surface area contributed by atoms with Crippen molar-refractivity contribution in [2.75, 3.05) is 26.3 Å². The van der Waals surface area contributed by atoms with Crippen molar-refractivity contribution in [3.63, 3.8) is 0 Å². The van der Waals surface area contributed by atoms with E-state index in [4.69, 9.17) is 14.2 Å². The van der Waals surface area contributed by atoms with E-state index in [0.29, 0.717) is 32.1 Å². The molecule has 0 aromatic heterocycles. The predicted molar refractivity (Wildman–Crippen MR) is 77.5 cm³/mol. The van der Waals surface area contributed by atoms with Crippen molar-refractivity contribution < 1.29 is 19.0 Å². The lowest BCUT2D eigenvalue weighted by atomic mass is 10.2. The molecule has 0 N–H and O–H groups in total. The third-order valence-electron chi connectivity index (χ3n) is 2.71. The highest BCUT2D eigenvalue weighted by Gasteiger charge is 2.28. The number of carbonyl (C=O) groups is 1. The van der Waals surface area contributed by atoms with E-state index in [9.17, 15) is 4.79 Å². The summed E-state index contributed by atoms with van der Waals surface area (Å²) in [5.41, 5.74) is -0.484. The highest BCUT2D eigenvalue weighted by atomic mass is 16.6. The maximum atomic E-state index is 12.0. The van der Waals surface area contributed by atoms with E-state index < -0.39 is 5.60 Å². The van der Waals surface area contributed by atoms with Gasteiger partial charge in [-0.25, -0.2) is 4.79 Å². The molecule has 0 radical (unpaired) electrons. The van der Waals surface area contributed by atoms with E-state index in [2.05, 4.69) is 6.58 Å². The summed E-state index contributed by atoms with van der Waals surface area (Å²) in [5.74, 6) is 0.711. The third-order valence-corrected chi connectivity index (χ3v) is 2.71. The Labute approximate surface area is 121 Å². The number of hydrogen-bond donors (Lipinski definition) is 0. The average molecular weight is 283 g/mol. The van der Waals surface area contributed by atoms with Crippen LogP contribution in [0.2, 0.25) is 0 Å². The maximum Gasteiger partial charge on any atom is 0.410 e. The van der Waals surface area contributed by atoms with E-state index in [1.807, 2.05) is 33.8 Å². The van der Waals surface area contributed by atoms with Crippen molar-refractivity contribution in [3.05, 3.63) is 24.5 Å². The van der Waals surface area contributed by atoms with Crippen molar-refractivity contribution in [2.24, 2.45) is 0 Å². The van der Waals surface area contributed by atoms with E-state index in [1.165, 1.54) is 0 Å². The van der Waals surface area contributed by atoms with Gasteiger partial charge in [0.05, 0.1) is 13.2 Å². The number of ether oxygens (including phenoxy) is 3. The Hall–Kier alpha value is -1.49. The first kappa shape index (κ1) is 16.6. The van der Waals surface area contributed by atoms with Crippen LogP contribution in [-0.2, 0) is 14.2 Å². The van der Waals surface area contributed by atoms with Crippen LogP contribution in [0, 0.1) is 0 Å². The summed E-state index contributed by atoms with van der Waals surface area (Å²) >= 11 is 0. The lowest BCUT2D eigenvalue weighted by molar-refractivity contribution is -0.0630. The molecule has 0 bridgehead atoms. The minimum atomic E-state index is -0.484. The minimum Gasteiger partial charge on any atom is -0.491 e. The van der Waals surface area contributed by atoms with Gasteiger partial charge in [-0.2, -0.15) is 0 Å². The monoisotopic (exact) mass is 283 g/mol. The molecule has 0 aliphatic carbocycles. The number of morpholine rings is 1. The molecule has 1 fully saturated rings. The zero-order valence-corrected chi connectivity index (χ0v) is 12.8. The van der Waals surface area contributed by atoms with E-state index in [1.54, 1.807) is 11.0 Å². The fourth-order valence-electron chi connectivity index (χ4n) is 1.76. The van der Waals surface area contributed by atoms with E-state index >= 15 is 0 Å². The van der Waals surface area contributed by atoms with E-state index in [-0.39, 0.29) is 12.2 Å². The van der Waals surface area contributed by atoms with Gasteiger partial charge in [-0.15, -0.1) is 0 Å². The van der Waals surface area contributed by atoms with Gasteiger partial charge in [0.25, 0.3) is 0 Å². The van der Waals surface area contributed by atoms with Crippen LogP contribution in [0.3, 0.4) is 0 Å². The molecule has 20 heavy (non-hydrogen) atoms. The molecule has 5 heteroatoms. The molecule has 5 nitrogen and oxygen atoms in total. The fraction of sp³-hybridized carbons (Fsp3) is 0.667. The van der Waals surface area contributed by atoms with Crippen LogP contribution in [-0.4, -0.2) is 49.0 Å². The molecule has 0 aromatic rings. The van der Waals surface area contributed by atoms with Gasteiger partial charge in [0.2, 0.25) is 0 Å². The first-order chi connectivity index (χ1) is 9.35. The molecule has 1 saturated heterocycles. The van der Waals surface area contributed by atoms with Gasteiger partial charge in [-0.05, 0) is 39.8 Å². The number of rotatable bonds is 4. The van der Waals surface area contributed by atoms with Crippen molar-refractivity contribution in [3.8, 4) is 0 Å². The van der Waals surface area contributed by atoms with Crippen molar-refractivity contribution >= 4 is 6.09 Å². The van der Waals surface area contributed by atoms with E-state index in [0.717, 1.165) is 0 Å². The molecule has 0 unspecified atom stereocenters. The summed E-state index contributed by atoms with van der Waals surface area (Å²) in [7, 11) is 0. The number of allylic oxidation sites excluding steroid dienone is 2. The number of nitrogens with zero attached hydrogens (tertiary/aromatic N) is 1. The van der Waals surface area contributed by atoms with Gasteiger partial charge in [0.15, 0.2) is 0 Å². The fourth-order valence-corrected chi connectivity index (χ4v) is 1.76. The predicted octanol–water partition coefficient (Wildman–Crippen LogP) is 2.73. The van der Waals surface area contributed by atoms with Crippen molar-refractivity contribution in [1.82, 2.24) is 4.90 Å². The molecule has 1 amide bonds. The topological polar surface area (TPSA) is 48.0 Å². The van der Waals surface area contributed by atoms with Gasteiger partial charge in [-0.1, -0.05) is 6.58 Å². The Bertz CT molecular complexity index is 371. The van der Waals surface area contributed by atoms with Gasteiger partial charge in [0, 0.05) is 6.54 Å². The first-order valence-electron chi connectivity index (χ1n) is 6.87. The third kappa shape index (κ3) is 5.65. The van der Waals surface area contributed by atoms with Crippen LogP contribution < -0.4 is 0 Å². The molecule has 0 aromatic carbocycles. The van der Waals surface area contributed by atoms with Crippen LogP contribution in [0.1, 0.15) is 27.7 Å². The number of amides is 1. The molecule has 0 spiro atoms. The zero-order chi connectivity index (χ0) is 15.2. The molecule has 0 saturated carbocycles. The molecule has 1 aliphatic heterocycles. The Morgan fingerprint density at radius 3 is 2.75 bits per heavy atom. The summed E-state index contributed by atoms with van der Waals surface area (Å²) in [6.07, 6.45) is 3.03. The van der Waals surface area contributed by atoms with Crippen LogP contribution >= 0.6 is 0 Å². The highest BCUT2D eigenvalue weighted by Crippen LogP contribution is 2.14. The second-order valence-electron chi connectivity index (χ2n) is 5.63. The maximum absolute atomic E-state index is 12.0. The Morgan fingerprint density at radius 2 is 2.20 bits per heavy atom. The summed E-state index contributed by atoms with van der Waals surface area (Å²) in [6, 6.07) is 0. The van der Waals surface area contributed by atoms with Crippen molar-refractivity contribution in [2.45, 2.75) is 39.4 Å². The quantitative estimate of drug-likeness (QED) is 0.588. The molecule has 114 valence electrons. The molecule has 1 aliphatic rings. The summed E-state index contributed by atoms with van der Waals surface area (Å²) < 4.78 is 16.5. The Balaban J connectivity index is 2.46. The SMILES string of the molecule is C=C/C(=C\C)OC[C@H]1CN(C(=O)OC(C)(C)C)CCO1. The second-order valence-corrected chi connectivity index (χ2v) is 5.63. The van der Waals surface area contributed by atoms with Crippen LogP contribution in [0.4, 0.5) is 4.79 Å². The smallest absolute Gasteiger partial charge is 0.410 e. The normalized spacial score (nSPS) is 20.5.